The van der Waals surface area contributed by atoms with E-state index in [2.05, 4.69) is 10.1 Å². The highest BCUT2D eigenvalue weighted by Crippen LogP contribution is 2.24. The van der Waals surface area contributed by atoms with Crippen LogP contribution in [0.1, 0.15) is 35.3 Å². The Balaban J connectivity index is 1.98. The molecule has 0 saturated carbocycles. The van der Waals surface area contributed by atoms with Crippen LogP contribution < -0.4 is 10.1 Å². The lowest BCUT2D eigenvalue weighted by Gasteiger charge is -2.25. The molecule has 2 N–H and O–H groups in total. The molecule has 2 aromatic rings. The van der Waals surface area contributed by atoms with Gasteiger partial charge in [-0.3, -0.25) is 0 Å². The number of amides is 1. The van der Waals surface area contributed by atoms with E-state index in [4.69, 9.17) is 9.47 Å². The molecule has 2 aromatic carbocycles. The summed E-state index contributed by atoms with van der Waals surface area (Å²) in [5.74, 6) is 0.148. The summed E-state index contributed by atoms with van der Waals surface area (Å²) in [6.45, 7) is 3.70. The van der Waals surface area contributed by atoms with Gasteiger partial charge in [-0.2, -0.15) is 0 Å². The fourth-order valence-corrected chi connectivity index (χ4v) is 2.74. The number of nitrogens with one attached hydrogen (secondary N) is 1. The quantitative estimate of drug-likeness (QED) is 0.707. The number of rotatable bonds is 7. The molecule has 2 rings (SSSR count). The van der Waals surface area contributed by atoms with E-state index in [9.17, 15) is 14.7 Å². The molecule has 0 aliphatic carbocycles. The zero-order valence-corrected chi connectivity index (χ0v) is 16.4. The topological polar surface area (TPSA) is 94.1 Å². The normalized spacial score (nSPS) is 10.9. The number of benzene rings is 2. The second kappa shape index (κ2) is 9.12. The third kappa shape index (κ3) is 5.64. The van der Waals surface area contributed by atoms with Crippen LogP contribution in [0.2, 0.25) is 0 Å². The van der Waals surface area contributed by atoms with Crippen LogP contribution in [0.5, 0.6) is 11.5 Å². The molecule has 0 radical (unpaired) electrons. The molecule has 0 bridgehead atoms. The SMILES string of the molecule is COC(=O)c1ccc(CNC(=O)OC(C)(C)Cc2ccccc2O)c(OC)c1. The Morgan fingerprint density at radius 2 is 1.79 bits per heavy atom. The number of methoxy groups -OCH3 is 2. The molecular weight excluding hydrogens is 362 g/mol. The highest BCUT2D eigenvalue weighted by atomic mass is 16.6. The highest BCUT2D eigenvalue weighted by molar-refractivity contribution is 5.89. The van der Waals surface area contributed by atoms with E-state index in [1.165, 1.54) is 14.2 Å². The van der Waals surface area contributed by atoms with Crippen molar-refractivity contribution in [3.05, 3.63) is 59.2 Å². The first-order valence-corrected chi connectivity index (χ1v) is 8.74. The summed E-state index contributed by atoms with van der Waals surface area (Å²) in [4.78, 5) is 23.8. The van der Waals surface area contributed by atoms with Gasteiger partial charge in [-0.25, -0.2) is 9.59 Å². The van der Waals surface area contributed by atoms with Crippen molar-refractivity contribution >= 4 is 12.1 Å². The van der Waals surface area contributed by atoms with Crippen molar-refractivity contribution in [2.45, 2.75) is 32.4 Å². The molecule has 0 aromatic heterocycles. The highest BCUT2D eigenvalue weighted by Gasteiger charge is 2.25. The van der Waals surface area contributed by atoms with Gasteiger partial charge in [0.15, 0.2) is 0 Å². The average Bonchev–Trinajstić information content (AvgIpc) is 2.66. The summed E-state index contributed by atoms with van der Waals surface area (Å²) in [5.41, 5.74) is 0.919. The van der Waals surface area contributed by atoms with Crippen LogP contribution in [-0.2, 0) is 22.4 Å². The number of alkyl carbamates (subject to hydrolysis) is 1. The monoisotopic (exact) mass is 387 g/mol. The lowest BCUT2D eigenvalue weighted by atomic mass is 9.98. The van der Waals surface area contributed by atoms with Crippen molar-refractivity contribution in [2.75, 3.05) is 14.2 Å². The number of para-hydroxylation sites is 1. The predicted molar refractivity (Wildman–Crippen MR) is 104 cm³/mol. The maximum absolute atomic E-state index is 12.2. The number of hydrogen-bond acceptors (Lipinski definition) is 6. The van der Waals surface area contributed by atoms with Gasteiger partial charge in [0.05, 0.1) is 19.8 Å². The van der Waals surface area contributed by atoms with Gasteiger partial charge in [-0.05, 0) is 37.6 Å². The summed E-state index contributed by atoms with van der Waals surface area (Å²) < 4.78 is 15.5. The van der Waals surface area contributed by atoms with E-state index in [1.807, 2.05) is 6.07 Å². The Morgan fingerprint density at radius 1 is 1.07 bits per heavy atom. The minimum Gasteiger partial charge on any atom is -0.508 e. The first kappa shape index (κ1) is 21.1. The third-order valence-corrected chi connectivity index (χ3v) is 4.11. The third-order valence-electron chi connectivity index (χ3n) is 4.11. The maximum atomic E-state index is 12.2. The van der Waals surface area contributed by atoms with Crippen molar-refractivity contribution < 1.29 is 28.9 Å². The standard InChI is InChI=1S/C21H25NO6/c1-21(2,12-15-7-5-6-8-17(15)23)28-20(25)22-13-16-10-9-14(19(24)27-4)11-18(16)26-3/h5-11,23H,12-13H2,1-4H3,(H,22,25). The van der Waals surface area contributed by atoms with Crippen LogP contribution in [0, 0.1) is 0 Å². The van der Waals surface area contributed by atoms with E-state index >= 15 is 0 Å². The first-order chi connectivity index (χ1) is 13.3. The molecule has 7 nitrogen and oxygen atoms in total. The van der Waals surface area contributed by atoms with Crippen LogP contribution in [0.25, 0.3) is 0 Å². The second-order valence-electron chi connectivity index (χ2n) is 6.83. The van der Waals surface area contributed by atoms with Crippen molar-refractivity contribution in [3.63, 3.8) is 0 Å². The number of phenols is 1. The minimum atomic E-state index is -0.818. The van der Waals surface area contributed by atoms with E-state index in [0.29, 0.717) is 28.9 Å². The lowest BCUT2D eigenvalue weighted by Crippen LogP contribution is -2.36. The number of aromatic hydroxyl groups is 1. The fraction of sp³-hybridized carbons (Fsp3) is 0.333. The number of carbonyl (C=O) groups excluding carboxylic acids is 2. The van der Waals surface area contributed by atoms with Gasteiger partial charge in [-0.1, -0.05) is 24.3 Å². The summed E-state index contributed by atoms with van der Waals surface area (Å²) in [5, 5.41) is 12.6. The van der Waals surface area contributed by atoms with E-state index < -0.39 is 17.7 Å². The Kier molecular flexibility index (Phi) is 6.87. The molecule has 0 atom stereocenters. The molecule has 0 aliphatic heterocycles. The Bertz CT molecular complexity index is 847. The summed E-state index contributed by atoms with van der Waals surface area (Å²) in [6, 6.07) is 11.8. The summed E-state index contributed by atoms with van der Waals surface area (Å²) in [6.07, 6.45) is -0.232. The van der Waals surface area contributed by atoms with Gasteiger partial charge in [-0.15, -0.1) is 0 Å². The number of esters is 1. The van der Waals surface area contributed by atoms with Gasteiger partial charge >= 0.3 is 12.1 Å². The smallest absolute Gasteiger partial charge is 0.407 e. The molecule has 0 aliphatic rings. The van der Waals surface area contributed by atoms with Crippen LogP contribution in [0.4, 0.5) is 4.79 Å². The number of phenolic OH excluding ortho intramolecular Hbond substituents is 1. The summed E-state index contributed by atoms with van der Waals surface area (Å²) >= 11 is 0. The van der Waals surface area contributed by atoms with E-state index in [-0.39, 0.29) is 12.3 Å². The van der Waals surface area contributed by atoms with Crippen molar-refractivity contribution in [3.8, 4) is 11.5 Å². The Morgan fingerprint density at radius 3 is 2.43 bits per heavy atom. The Labute approximate surface area is 164 Å². The summed E-state index contributed by atoms with van der Waals surface area (Å²) in [7, 11) is 2.78. The molecule has 0 spiro atoms. The maximum Gasteiger partial charge on any atom is 0.407 e. The molecule has 1 amide bonds. The van der Waals surface area contributed by atoms with E-state index in [0.717, 1.165) is 0 Å². The van der Waals surface area contributed by atoms with Gasteiger partial charge < -0.3 is 24.6 Å². The fourth-order valence-electron chi connectivity index (χ4n) is 2.74. The van der Waals surface area contributed by atoms with Gasteiger partial charge in [0, 0.05) is 18.5 Å². The van der Waals surface area contributed by atoms with Crippen LogP contribution in [-0.4, -0.2) is 37.0 Å². The number of carbonyl (C=O) groups is 2. The number of hydrogen-bond donors (Lipinski definition) is 2. The van der Waals surface area contributed by atoms with Crippen LogP contribution in [0.3, 0.4) is 0 Å². The van der Waals surface area contributed by atoms with Crippen molar-refractivity contribution in [1.29, 1.82) is 0 Å². The first-order valence-electron chi connectivity index (χ1n) is 8.74. The number of ether oxygens (including phenoxy) is 3. The van der Waals surface area contributed by atoms with Crippen LogP contribution >= 0.6 is 0 Å². The van der Waals surface area contributed by atoms with Gasteiger partial charge in [0.25, 0.3) is 0 Å². The van der Waals surface area contributed by atoms with E-state index in [1.54, 1.807) is 50.2 Å². The van der Waals surface area contributed by atoms with Crippen molar-refractivity contribution in [1.82, 2.24) is 5.32 Å². The minimum absolute atomic E-state index is 0.162. The predicted octanol–water partition coefficient (Wildman–Crippen LogP) is 3.43. The molecule has 28 heavy (non-hydrogen) atoms. The molecular formula is C21H25NO6. The zero-order valence-electron chi connectivity index (χ0n) is 16.4. The van der Waals surface area contributed by atoms with Crippen molar-refractivity contribution in [2.24, 2.45) is 0 Å². The molecule has 0 unspecified atom stereocenters. The van der Waals surface area contributed by atoms with Gasteiger partial charge in [0.1, 0.15) is 17.1 Å². The molecule has 0 saturated heterocycles. The lowest BCUT2D eigenvalue weighted by molar-refractivity contribution is 0.0385. The molecule has 0 heterocycles. The molecule has 0 fully saturated rings. The van der Waals surface area contributed by atoms with Crippen LogP contribution in [0.15, 0.2) is 42.5 Å². The largest absolute Gasteiger partial charge is 0.508 e. The zero-order chi connectivity index (χ0) is 20.7. The second-order valence-corrected chi connectivity index (χ2v) is 6.83. The molecule has 150 valence electrons. The Hall–Kier alpha value is -3.22. The van der Waals surface area contributed by atoms with Gasteiger partial charge in [0.2, 0.25) is 0 Å². The average molecular weight is 387 g/mol. The molecule has 7 heteroatoms.